The predicted molar refractivity (Wildman–Crippen MR) is 93.1 cm³/mol. The second kappa shape index (κ2) is 6.96. The largest absolute Gasteiger partial charge is 0.481 e. The average molecular weight is 328 g/mol. The van der Waals surface area contributed by atoms with Crippen LogP contribution in [-0.4, -0.2) is 20.6 Å². The summed E-state index contributed by atoms with van der Waals surface area (Å²) in [6.07, 6.45) is 3.11. The Labute approximate surface area is 139 Å². The Morgan fingerprint density at radius 1 is 1.35 bits per heavy atom. The molecule has 5 heteroatoms. The van der Waals surface area contributed by atoms with E-state index in [9.17, 15) is 4.79 Å². The van der Waals surface area contributed by atoms with Gasteiger partial charge in [0.25, 0.3) is 0 Å². The van der Waals surface area contributed by atoms with Crippen molar-refractivity contribution in [3.63, 3.8) is 0 Å². The molecule has 0 unspecified atom stereocenters. The summed E-state index contributed by atoms with van der Waals surface area (Å²) >= 11 is 1.74. The van der Waals surface area contributed by atoms with Gasteiger partial charge < -0.3 is 9.67 Å². The van der Waals surface area contributed by atoms with Crippen molar-refractivity contribution in [1.29, 1.82) is 0 Å². The molecule has 0 aliphatic heterocycles. The zero-order valence-corrected chi connectivity index (χ0v) is 14.0. The van der Waals surface area contributed by atoms with Gasteiger partial charge in [0.2, 0.25) is 0 Å². The Morgan fingerprint density at radius 3 is 2.91 bits per heavy atom. The summed E-state index contributed by atoms with van der Waals surface area (Å²) in [7, 11) is 0. The molecule has 3 rings (SSSR count). The highest BCUT2D eigenvalue weighted by Gasteiger charge is 2.13. The van der Waals surface area contributed by atoms with Crippen LogP contribution in [0.25, 0.3) is 11.0 Å². The van der Waals surface area contributed by atoms with E-state index < -0.39 is 5.97 Å². The molecule has 0 aliphatic carbocycles. The van der Waals surface area contributed by atoms with Gasteiger partial charge in [-0.2, -0.15) is 0 Å². The number of unbranched alkanes of at least 4 members (excludes halogenated alkanes) is 1. The van der Waals surface area contributed by atoms with Crippen molar-refractivity contribution < 1.29 is 9.90 Å². The van der Waals surface area contributed by atoms with Crippen LogP contribution in [0.5, 0.6) is 0 Å². The SMILES string of the molecule is CCCCn1c(Cc2cccs2)nc2cc(CC(=O)O)ccc21. The van der Waals surface area contributed by atoms with Crippen LogP contribution in [0.1, 0.15) is 36.0 Å². The monoisotopic (exact) mass is 328 g/mol. The number of hydrogen-bond acceptors (Lipinski definition) is 3. The lowest BCUT2D eigenvalue weighted by molar-refractivity contribution is -0.136. The molecule has 0 saturated heterocycles. The summed E-state index contributed by atoms with van der Waals surface area (Å²) in [6.45, 7) is 3.13. The molecule has 0 atom stereocenters. The second-order valence-corrected chi connectivity index (χ2v) is 6.72. The molecule has 0 spiro atoms. The summed E-state index contributed by atoms with van der Waals surface area (Å²) in [5.41, 5.74) is 2.79. The minimum absolute atomic E-state index is 0.0397. The summed E-state index contributed by atoms with van der Waals surface area (Å²) in [5.74, 6) is 0.247. The third-order valence-corrected chi connectivity index (χ3v) is 4.77. The Hall–Kier alpha value is -2.14. The molecule has 0 aliphatic rings. The van der Waals surface area contributed by atoms with E-state index in [0.29, 0.717) is 0 Å². The third kappa shape index (κ3) is 3.62. The zero-order valence-electron chi connectivity index (χ0n) is 13.2. The molecular weight excluding hydrogens is 308 g/mol. The number of imidazole rings is 1. The van der Waals surface area contributed by atoms with Crippen LogP contribution < -0.4 is 0 Å². The van der Waals surface area contributed by atoms with Crippen molar-refractivity contribution in [3.05, 3.63) is 52.0 Å². The van der Waals surface area contributed by atoms with Gasteiger partial charge in [-0.1, -0.05) is 25.5 Å². The molecule has 0 fully saturated rings. The lowest BCUT2D eigenvalue weighted by Gasteiger charge is -2.08. The second-order valence-electron chi connectivity index (χ2n) is 5.68. The number of carboxylic acids is 1. The van der Waals surface area contributed by atoms with Gasteiger partial charge in [0.15, 0.2) is 0 Å². The number of aliphatic carboxylic acids is 1. The standard InChI is InChI=1S/C18H20N2O2S/c1-2-3-8-20-16-7-6-13(11-18(21)22)10-15(16)19-17(20)12-14-5-4-9-23-14/h4-7,9-10H,2-3,8,11-12H2,1H3,(H,21,22). The topological polar surface area (TPSA) is 55.1 Å². The van der Waals surface area contributed by atoms with Crippen LogP contribution in [0.4, 0.5) is 0 Å². The van der Waals surface area contributed by atoms with Crippen LogP contribution in [-0.2, 0) is 24.2 Å². The Bertz CT molecular complexity index is 806. The van der Waals surface area contributed by atoms with Crippen molar-refractivity contribution in [2.45, 2.75) is 39.2 Å². The highest BCUT2D eigenvalue weighted by atomic mass is 32.1. The van der Waals surface area contributed by atoms with Gasteiger partial charge in [-0.3, -0.25) is 4.79 Å². The molecule has 1 N–H and O–H groups in total. The summed E-state index contributed by atoms with van der Waals surface area (Å²) in [4.78, 5) is 17.0. The number of nitrogens with zero attached hydrogens (tertiary/aromatic N) is 2. The highest BCUT2D eigenvalue weighted by Crippen LogP contribution is 2.22. The van der Waals surface area contributed by atoms with E-state index in [2.05, 4.69) is 29.0 Å². The quantitative estimate of drug-likeness (QED) is 0.710. The fourth-order valence-electron chi connectivity index (χ4n) is 2.78. The van der Waals surface area contributed by atoms with Gasteiger partial charge in [0.1, 0.15) is 5.82 Å². The van der Waals surface area contributed by atoms with E-state index in [1.807, 2.05) is 18.2 Å². The maximum absolute atomic E-state index is 10.9. The van der Waals surface area contributed by atoms with Crippen molar-refractivity contribution in [3.8, 4) is 0 Å². The molecule has 4 nitrogen and oxygen atoms in total. The molecule has 23 heavy (non-hydrogen) atoms. The Balaban J connectivity index is 2.00. The Morgan fingerprint density at radius 2 is 2.22 bits per heavy atom. The first-order valence-electron chi connectivity index (χ1n) is 7.89. The third-order valence-electron chi connectivity index (χ3n) is 3.89. The first-order valence-corrected chi connectivity index (χ1v) is 8.77. The molecule has 3 aromatic rings. The van der Waals surface area contributed by atoms with E-state index in [0.717, 1.165) is 48.2 Å². The molecule has 1 aromatic carbocycles. The first kappa shape index (κ1) is 15.7. The van der Waals surface area contributed by atoms with Gasteiger partial charge >= 0.3 is 5.97 Å². The van der Waals surface area contributed by atoms with Gasteiger partial charge in [0, 0.05) is 17.8 Å². The molecule has 2 aromatic heterocycles. The van der Waals surface area contributed by atoms with E-state index in [4.69, 9.17) is 10.1 Å². The molecule has 120 valence electrons. The van der Waals surface area contributed by atoms with Gasteiger partial charge in [-0.25, -0.2) is 4.98 Å². The van der Waals surface area contributed by atoms with E-state index in [-0.39, 0.29) is 6.42 Å². The van der Waals surface area contributed by atoms with E-state index in [1.54, 1.807) is 11.3 Å². The molecule has 0 saturated carbocycles. The van der Waals surface area contributed by atoms with E-state index in [1.165, 1.54) is 4.88 Å². The lowest BCUT2D eigenvalue weighted by Crippen LogP contribution is -2.04. The number of carbonyl (C=O) groups is 1. The molecule has 0 amide bonds. The van der Waals surface area contributed by atoms with E-state index >= 15 is 0 Å². The summed E-state index contributed by atoms with van der Waals surface area (Å²) in [6, 6.07) is 10.0. The molecule has 0 radical (unpaired) electrons. The number of aryl methyl sites for hydroxylation is 1. The number of fused-ring (bicyclic) bond motifs is 1. The number of aromatic nitrogens is 2. The smallest absolute Gasteiger partial charge is 0.307 e. The minimum Gasteiger partial charge on any atom is -0.481 e. The van der Waals surface area contributed by atoms with Crippen LogP contribution in [0.15, 0.2) is 35.7 Å². The normalized spacial score (nSPS) is 11.2. The molecule has 0 bridgehead atoms. The fraction of sp³-hybridized carbons (Fsp3) is 0.333. The van der Waals surface area contributed by atoms with Crippen molar-refractivity contribution in [2.75, 3.05) is 0 Å². The van der Waals surface area contributed by atoms with Crippen LogP contribution in [0.3, 0.4) is 0 Å². The van der Waals surface area contributed by atoms with Crippen molar-refractivity contribution in [1.82, 2.24) is 9.55 Å². The average Bonchev–Trinajstić information content (AvgIpc) is 3.12. The number of benzene rings is 1. The van der Waals surface area contributed by atoms with Crippen LogP contribution in [0, 0.1) is 0 Å². The maximum Gasteiger partial charge on any atom is 0.307 e. The molecular formula is C18H20N2O2S. The zero-order chi connectivity index (χ0) is 16.2. The van der Waals surface area contributed by atoms with Gasteiger partial charge in [0.05, 0.1) is 17.5 Å². The maximum atomic E-state index is 10.9. The number of carboxylic acid groups (broad SMARTS) is 1. The number of thiophene rings is 1. The number of rotatable bonds is 7. The number of hydrogen-bond donors (Lipinski definition) is 1. The minimum atomic E-state index is -0.812. The van der Waals surface area contributed by atoms with Crippen molar-refractivity contribution >= 4 is 28.3 Å². The summed E-state index contributed by atoms with van der Waals surface area (Å²) in [5, 5.41) is 11.0. The fourth-order valence-corrected chi connectivity index (χ4v) is 3.48. The summed E-state index contributed by atoms with van der Waals surface area (Å²) < 4.78 is 2.28. The van der Waals surface area contributed by atoms with Gasteiger partial charge in [-0.05, 0) is 35.6 Å². The molecule has 2 heterocycles. The predicted octanol–water partition coefficient (Wildman–Crippen LogP) is 4.12. The van der Waals surface area contributed by atoms with Crippen LogP contribution >= 0.6 is 11.3 Å². The van der Waals surface area contributed by atoms with Crippen LogP contribution in [0.2, 0.25) is 0 Å². The highest BCUT2D eigenvalue weighted by molar-refractivity contribution is 7.09. The van der Waals surface area contributed by atoms with Crippen molar-refractivity contribution in [2.24, 2.45) is 0 Å². The lowest BCUT2D eigenvalue weighted by atomic mass is 10.1. The first-order chi connectivity index (χ1) is 11.2. The van der Waals surface area contributed by atoms with Gasteiger partial charge in [-0.15, -0.1) is 11.3 Å². The Kier molecular flexibility index (Phi) is 4.76.